The molecule has 2 aromatic rings. The van der Waals surface area contributed by atoms with Crippen molar-refractivity contribution >= 4 is 29.9 Å². The van der Waals surface area contributed by atoms with Gasteiger partial charge in [-0.25, -0.2) is 0 Å². The number of rotatable bonds is 5. The van der Waals surface area contributed by atoms with Gasteiger partial charge in [-0.1, -0.05) is 37.3 Å². The smallest absolute Gasteiger partial charge is 0.191 e. The van der Waals surface area contributed by atoms with Crippen LogP contribution in [0.5, 0.6) is 0 Å². The second-order valence-electron chi connectivity index (χ2n) is 4.70. The van der Waals surface area contributed by atoms with E-state index in [0.29, 0.717) is 12.5 Å². The van der Waals surface area contributed by atoms with E-state index >= 15 is 0 Å². The van der Waals surface area contributed by atoms with Crippen LogP contribution in [0.2, 0.25) is 0 Å². The summed E-state index contributed by atoms with van der Waals surface area (Å²) < 4.78 is 0. The lowest BCUT2D eigenvalue weighted by atomic mass is 10.0. The van der Waals surface area contributed by atoms with Crippen molar-refractivity contribution in [2.45, 2.75) is 19.4 Å². The Labute approximate surface area is 142 Å². The molecule has 1 atom stereocenters. The first-order chi connectivity index (χ1) is 9.79. The van der Waals surface area contributed by atoms with Crippen molar-refractivity contribution in [3.8, 4) is 0 Å². The molecule has 0 aliphatic heterocycles. The molecule has 1 heterocycles. The van der Waals surface area contributed by atoms with Gasteiger partial charge in [-0.3, -0.25) is 10.1 Å². The van der Waals surface area contributed by atoms with Crippen molar-refractivity contribution in [1.82, 2.24) is 20.8 Å². The van der Waals surface area contributed by atoms with Gasteiger partial charge in [-0.15, -0.1) is 24.0 Å². The molecule has 5 nitrogen and oxygen atoms in total. The summed E-state index contributed by atoms with van der Waals surface area (Å²) in [7, 11) is 1.77. The third-order valence-electron chi connectivity index (χ3n) is 3.17. The zero-order valence-electron chi connectivity index (χ0n) is 12.3. The van der Waals surface area contributed by atoms with Crippen molar-refractivity contribution in [3.05, 3.63) is 53.9 Å². The highest BCUT2D eigenvalue weighted by molar-refractivity contribution is 14.0. The molecule has 6 heteroatoms. The van der Waals surface area contributed by atoms with Gasteiger partial charge in [0.25, 0.3) is 0 Å². The van der Waals surface area contributed by atoms with Gasteiger partial charge in [0.05, 0.1) is 12.2 Å². The number of hydrogen-bond acceptors (Lipinski definition) is 2. The molecular formula is C15H22IN5. The predicted molar refractivity (Wildman–Crippen MR) is 97.1 cm³/mol. The minimum Gasteiger partial charge on any atom is -0.356 e. The maximum Gasteiger partial charge on any atom is 0.191 e. The SMILES string of the molecule is CN=C(NCc1ccn[nH]1)NCC(C)c1ccccc1.I. The number of guanidine groups is 1. The summed E-state index contributed by atoms with van der Waals surface area (Å²) in [5.74, 6) is 1.23. The molecule has 0 saturated carbocycles. The number of nitrogens with one attached hydrogen (secondary N) is 3. The van der Waals surface area contributed by atoms with Crippen LogP contribution in [0.25, 0.3) is 0 Å². The van der Waals surface area contributed by atoms with Crippen molar-refractivity contribution in [2.24, 2.45) is 4.99 Å². The Hall–Kier alpha value is -1.57. The van der Waals surface area contributed by atoms with E-state index in [0.717, 1.165) is 18.2 Å². The van der Waals surface area contributed by atoms with Gasteiger partial charge in [0.2, 0.25) is 0 Å². The number of aliphatic imine (C=N–C) groups is 1. The molecule has 0 spiro atoms. The number of aromatic nitrogens is 2. The predicted octanol–water partition coefficient (Wildman–Crippen LogP) is 2.50. The zero-order valence-corrected chi connectivity index (χ0v) is 14.7. The molecule has 0 aliphatic rings. The highest BCUT2D eigenvalue weighted by atomic mass is 127. The van der Waals surface area contributed by atoms with Crippen LogP contribution in [-0.2, 0) is 6.54 Å². The molecule has 0 bridgehead atoms. The van der Waals surface area contributed by atoms with Crippen LogP contribution in [0.1, 0.15) is 24.1 Å². The molecule has 1 aromatic heterocycles. The lowest BCUT2D eigenvalue weighted by molar-refractivity contribution is 0.696. The van der Waals surface area contributed by atoms with E-state index in [2.05, 4.69) is 57.0 Å². The van der Waals surface area contributed by atoms with E-state index in [4.69, 9.17) is 0 Å². The van der Waals surface area contributed by atoms with Crippen molar-refractivity contribution in [3.63, 3.8) is 0 Å². The first-order valence-electron chi connectivity index (χ1n) is 6.77. The van der Waals surface area contributed by atoms with Crippen LogP contribution in [0.3, 0.4) is 0 Å². The monoisotopic (exact) mass is 399 g/mol. The fraction of sp³-hybridized carbons (Fsp3) is 0.333. The fourth-order valence-corrected chi connectivity index (χ4v) is 1.93. The standard InChI is InChI=1S/C15H21N5.HI/c1-12(13-6-4-3-5-7-13)10-17-15(16-2)18-11-14-8-9-19-20-14;/h3-9,12H,10-11H2,1-2H3,(H,19,20)(H2,16,17,18);1H. The van der Waals surface area contributed by atoms with E-state index in [1.165, 1.54) is 5.56 Å². The van der Waals surface area contributed by atoms with E-state index in [9.17, 15) is 0 Å². The lowest BCUT2D eigenvalue weighted by Gasteiger charge is -2.16. The summed E-state index contributed by atoms with van der Waals surface area (Å²) in [4.78, 5) is 4.21. The summed E-state index contributed by atoms with van der Waals surface area (Å²) in [5.41, 5.74) is 2.35. The van der Waals surface area contributed by atoms with Gasteiger partial charge in [0.15, 0.2) is 5.96 Å². The third kappa shape index (κ3) is 5.74. The first-order valence-corrected chi connectivity index (χ1v) is 6.77. The maximum absolute atomic E-state index is 4.21. The molecule has 114 valence electrons. The molecule has 0 amide bonds. The minimum atomic E-state index is 0. The van der Waals surface area contributed by atoms with Crippen molar-refractivity contribution in [1.29, 1.82) is 0 Å². The Kier molecular flexibility index (Phi) is 7.81. The first kappa shape index (κ1) is 17.5. The quantitative estimate of drug-likeness (QED) is 0.411. The van der Waals surface area contributed by atoms with Crippen LogP contribution in [0.15, 0.2) is 47.6 Å². The topological polar surface area (TPSA) is 65.1 Å². The normalized spacial score (nSPS) is 12.4. The summed E-state index contributed by atoms with van der Waals surface area (Å²) in [6.45, 7) is 3.72. The molecule has 3 N–H and O–H groups in total. The van der Waals surface area contributed by atoms with Gasteiger partial charge in [0.1, 0.15) is 0 Å². The van der Waals surface area contributed by atoms with E-state index in [1.807, 2.05) is 12.1 Å². The summed E-state index contributed by atoms with van der Waals surface area (Å²) in [6.07, 6.45) is 1.74. The summed E-state index contributed by atoms with van der Waals surface area (Å²) in [5, 5.41) is 13.4. The number of nitrogens with zero attached hydrogens (tertiary/aromatic N) is 2. The molecule has 0 saturated heterocycles. The molecule has 0 fully saturated rings. The van der Waals surface area contributed by atoms with Crippen LogP contribution < -0.4 is 10.6 Å². The second-order valence-corrected chi connectivity index (χ2v) is 4.70. The molecule has 2 rings (SSSR count). The number of H-pyrrole nitrogens is 1. The highest BCUT2D eigenvalue weighted by Gasteiger charge is 2.06. The van der Waals surface area contributed by atoms with Crippen molar-refractivity contribution < 1.29 is 0 Å². The minimum absolute atomic E-state index is 0. The van der Waals surface area contributed by atoms with Crippen molar-refractivity contribution in [2.75, 3.05) is 13.6 Å². The number of aromatic amines is 1. The number of halogens is 1. The van der Waals surface area contributed by atoms with Gasteiger partial charge in [-0.05, 0) is 17.5 Å². The Morgan fingerprint density at radius 3 is 2.62 bits per heavy atom. The van der Waals surface area contributed by atoms with Gasteiger partial charge < -0.3 is 10.6 Å². The number of hydrogen-bond donors (Lipinski definition) is 3. The fourth-order valence-electron chi connectivity index (χ4n) is 1.93. The Bertz CT molecular complexity index is 524. The van der Waals surface area contributed by atoms with Crippen LogP contribution in [0, 0.1) is 0 Å². The van der Waals surface area contributed by atoms with Gasteiger partial charge in [-0.2, -0.15) is 5.10 Å². The largest absolute Gasteiger partial charge is 0.356 e. The molecule has 1 unspecified atom stereocenters. The van der Waals surface area contributed by atoms with Gasteiger partial charge in [0, 0.05) is 19.8 Å². The zero-order chi connectivity index (χ0) is 14.2. The van der Waals surface area contributed by atoms with Crippen LogP contribution >= 0.6 is 24.0 Å². The highest BCUT2D eigenvalue weighted by Crippen LogP contribution is 2.12. The molecular weight excluding hydrogens is 377 g/mol. The van der Waals surface area contributed by atoms with E-state index in [1.54, 1.807) is 13.2 Å². The molecule has 1 aromatic carbocycles. The molecule has 21 heavy (non-hydrogen) atoms. The molecule has 0 aliphatic carbocycles. The lowest BCUT2D eigenvalue weighted by Crippen LogP contribution is -2.38. The number of benzene rings is 1. The van der Waals surface area contributed by atoms with Crippen LogP contribution in [-0.4, -0.2) is 29.7 Å². The Morgan fingerprint density at radius 2 is 2.00 bits per heavy atom. The summed E-state index contributed by atoms with van der Waals surface area (Å²) in [6, 6.07) is 12.4. The van der Waals surface area contributed by atoms with Crippen LogP contribution in [0.4, 0.5) is 0 Å². The molecule has 0 radical (unpaired) electrons. The Morgan fingerprint density at radius 1 is 1.24 bits per heavy atom. The second kappa shape index (κ2) is 9.38. The van der Waals surface area contributed by atoms with E-state index in [-0.39, 0.29) is 24.0 Å². The Balaban J connectivity index is 0.00000220. The van der Waals surface area contributed by atoms with E-state index < -0.39 is 0 Å². The third-order valence-corrected chi connectivity index (χ3v) is 3.17. The van der Waals surface area contributed by atoms with Gasteiger partial charge >= 0.3 is 0 Å². The summed E-state index contributed by atoms with van der Waals surface area (Å²) >= 11 is 0. The average Bonchev–Trinajstić information content (AvgIpc) is 3.01. The average molecular weight is 399 g/mol. The maximum atomic E-state index is 4.21.